The van der Waals surface area contributed by atoms with Gasteiger partial charge in [-0.25, -0.2) is 4.39 Å². The van der Waals surface area contributed by atoms with Gasteiger partial charge in [-0.2, -0.15) is 0 Å². The lowest BCUT2D eigenvalue weighted by molar-refractivity contribution is 0.484. The quantitative estimate of drug-likeness (QED) is 0.883. The Labute approximate surface area is 120 Å². The first-order valence-electron chi connectivity index (χ1n) is 7.06. The standard InChI is InChI=1S/C17H22FNO/c1-5-19-17(16-9-12(3)20-13(16)4)10-14-6-7-15(18)8-11(14)2/h6-9,17,19H,5,10H2,1-4H3. The van der Waals surface area contributed by atoms with E-state index in [1.54, 1.807) is 6.07 Å². The van der Waals surface area contributed by atoms with Gasteiger partial charge in [-0.3, -0.25) is 0 Å². The number of aryl methyl sites for hydroxylation is 3. The van der Waals surface area contributed by atoms with Crippen molar-refractivity contribution < 1.29 is 8.81 Å². The van der Waals surface area contributed by atoms with Gasteiger partial charge < -0.3 is 9.73 Å². The third kappa shape index (κ3) is 3.28. The van der Waals surface area contributed by atoms with Crippen molar-refractivity contribution in [3.05, 3.63) is 58.3 Å². The Balaban J connectivity index is 2.27. The zero-order valence-electron chi connectivity index (χ0n) is 12.6. The van der Waals surface area contributed by atoms with Crippen LogP contribution in [0.2, 0.25) is 0 Å². The molecule has 2 nitrogen and oxygen atoms in total. The molecule has 1 aromatic heterocycles. The van der Waals surface area contributed by atoms with Gasteiger partial charge in [-0.15, -0.1) is 0 Å². The Kier molecular flexibility index (Phi) is 4.61. The zero-order valence-corrected chi connectivity index (χ0v) is 12.6. The van der Waals surface area contributed by atoms with E-state index >= 15 is 0 Å². The van der Waals surface area contributed by atoms with E-state index in [9.17, 15) is 4.39 Å². The predicted octanol–water partition coefficient (Wildman–Crippen LogP) is 4.24. The molecule has 0 fully saturated rings. The number of nitrogens with one attached hydrogen (secondary N) is 1. The van der Waals surface area contributed by atoms with E-state index in [2.05, 4.69) is 18.3 Å². The molecule has 0 aliphatic carbocycles. The van der Waals surface area contributed by atoms with Gasteiger partial charge in [0.25, 0.3) is 0 Å². The second-order valence-electron chi connectivity index (χ2n) is 5.25. The minimum atomic E-state index is -0.179. The number of rotatable bonds is 5. The van der Waals surface area contributed by atoms with Gasteiger partial charge in [0.2, 0.25) is 0 Å². The van der Waals surface area contributed by atoms with Crippen LogP contribution >= 0.6 is 0 Å². The highest BCUT2D eigenvalue weighted by Gasteiger charge is 2.17. The molecule has 1 heterocycles. The van der Waals surface area contributed by atoms with Crippen molar-refractivity contribution in [2.24, 2.45) is 0 Å². The number of hydrogen-bond acceptors (Lipinski definition) is 2. The van der Waals surface area contributed by atoms with Gasteiger partial charge in [0.05, 0.1) is 0 Å². The maximum absolute atomic E-state index is 13.2. The highest BCUT2D eigenvalue weighted by molar-refractivity contribution is 5.31. The molecule has 1 N–H and O–H groups in total. The van der Waals surface area contributed by atoms with Crippen LogP contribution in [0.25, 0.3) is 0 Å². The molecule has 20 heavy (non-hydrogen) atoms. The summed E-state index contributed by atoms with van der Waals surface area (Å²) in [6.07, 6.45) is 0.833. The summed E-state index contributed by atoms with van der Waals surface area (Å²) in [6, 6.07) is 7.27. The summed E-state index contributed by atoms with van der Waals surface area (Å²) in [4.78, 5) is 0. The van der Waals surface area contributed by atoms with E-state index in [4.69, 9.17) is 4.42 Å². The number of hydrogen-bond donors (Lipinski definition) is 1. The second kappa shape index (κ2) is 6.23. The number of halogens is 1. The molecule has 0 spiro atoms. The number of benzene rings is 1. The molecule has 0 radical (unpaired) electrons. The van der Waals surface area contributed by atoms with Crippen LogP contribution in [-0.4, -0.2) is 6.54 Å². The summed E-state index contributed by atoms with van der Waals surface area (Å²) in [6.45, 7) is 8.88. The molecular weight excluding hydrogens is 253 g/mol. The smallest absolute Gasteiger partial charge is 0.123 e. The van der Waals surface area contributed by atoms with E-state index in [0.29, 0.717) is 0 Å². The van der Waals surface area contributed by atoms with E-state index in [0.717, 1.165) is 35.6 Å². The molecule has 0 amide bonds. The fourth-order valence-electron chi connectivity index (χ4n) is 2.64. The van der Waals surface area contributed by atoms with Gasteiger partial charge in [0, 0.05) is 11.6 Å². The lowest BCUT2D eigenvalue weighted by atomic mass is 9.96. The lowest BCUT2D eigenvalue weighted by Crippen LogP contribution is -2.23. The van der Waals surface area contributed by atoms with Crippen molar-refractivity contribution in [1.82, 2.24) is 5.32 Å². The molecule has 0 aliphatic heterocycles. The molecule has 2 rings (SSSR count). The summed E-state index contributed by atoms with van der Waals surface area (Å²) in [5.74, 6) is 1.70. The molecule has 0 saturated heterocycles. The second-order valence-corrected chi connectivity index (χ2v) is 5.25. The summed E-state index contributed by atoms with van der Waals surface area (Å²) >= 11 is 0. The first-order chi connectivity index (χ1) is 9.51. The molecule has 3 heteroatoms. The Morgan fingerprint density at radius 3 is 2.50 bits per heavy atom. The highest BCUT2D eigenvalue weighted by atomic mass is 19.1. The predicted molar refractivity (Wildman–Crippen MR) is 79.4 cm³/mol. The van der Waals surface area contributed by atoms with E-state index < -0.39 is 0 Å². The van der Waals surface area contributed by atoms with Crippen molar-refractivity contribution in [3.8, 4) is 0 Å². The van der Waals surface area contributed by atoms with Crippen LogP contribution in [0.1, 0.15) is 41.2 Å². The molecule has 1 unspecified atom stereocenters. The summed E-state index contributed by atoms with van der Waals surface area (Å²) in [5.41, 5.74) is 3.34. The van der Waals surface area contributed by atoms with Crippen LogP contribution in [0, 0.1) is 26.6 Å². The Bertz CT molecular complexity index is 589. The van der Waals surface area contributed by atoms with Crippen molar-refractivity contribution in [1.29, 1.82) is 0 Å². The maximum atomic E-state index is 13.2. The Hall–Kier alpha value is -1.61. The van der Waals surface area contributed by atoms with Crippen LogP contribution in [0.4, 0.5) is 4.39 Å². The molecule has 0 aliphatic rings. The Morgan fingerprint density at radius 1 is 1.20 bits per heavy atom. The average Bonchev–Trinajstić information content (AvgIpc) is 2.71. The van der Waals surface area contributed by atoms with Gasteiger partial charge in [0.15, 0.2) is 0 Å². The average molecular weight is 275 g/mol. The van der Waals surface area contributed by atoms with Crippen LogP contribution in [0.15, 0.2) is 28.7 Å². The topological polar surface area (TPSA) is 25.2 Å². The minimum Gasteiger partial charge on any atom is -0.466 e. The van der Waals surface area contributed by atoms with Crippen molar-refractivity contribution in [3.63, 3.8) is 0 Å². The van der Waals surface area contributed by atoms with Crippen LogP contribution in [0.5, 0.6) is 0 Å². The van der Waals surface area contributed by atoms with Crippen LogP contribution in [0.3, 0.4) is 0 Å². The third-order valence-corrected chi connectivity index (χ3v) is 3.63. The first kappa shape index (κ1) is 14.8. The van der Waals surface area contributed by atoms with Gasteiger partial charge in [-0.05, 0) is 63.1 Å². The summed E-state index contributed by atoms with van der Waals surface area (Å²) in [5, 5.41) is 3.49. The van der Waals surface area contributed by atoms with Crippen molar-refractivity contribution in [2.75, 3.05) is 6.54 Å². The Morgan fingerprint density at radius 2 is 1.95 bits per heavy atom. The maximum Gasteiger partial charge on any atom is 0.123 e. The fourth-order valence-corrected chi connectivity index (χ4v) is 2.64. The molecule has 2 aromatic rings. The van der Waals surface area contributed by atoms with Gasteiger partial charge in [0.1, 0.15) is 17.3 Å². The van der Waals surface area contributed by atoms with E-state index in [1.165, 1.54) is 11.6 Å². The summed E-state index contributed by atoms with van der Waals surface area (Å²) in [7, 11) is 0. The molecule has 1 atom stereocenters. The normalized spacial score (nSPS) is 12.7. The molecule has 0 saturated carbocycles. The minimum absolute atomic E-state index is 0.179. The van der Waals surface area contributed by atoms with E-state index in [-0.39, 0.29) is 11.9 Å². The van der Waals surface area contributed by atoms with Crippen molar-refractivity contribution >= 4 is 0 Å². The van der Waals surface area contributed by atoms with Crippen molar-refractivity contribution in [2.45, 2.75) is 40.2 Å². The number of furan rings is 1. The van der Waals surface area contributed by atoms with Crippen LogP contribution in [-0.2, 0) is 6.42 Å². The van der Waals surface area contributed by atoms with Gasteiger partial charge in [-0.1, -0.05) is 13.0 Å². The fraction of sp³-hybridized carbons (Fsp3) is 0.412. The highest BCUT2D eigenvalue weighted by Crippen LogP contribution is 2.26. The summed E-state index contributed by atoms with van der Waals surface area (Å²) < 4.78 is 18.8. The number of likely N-dealkylation sites (N-methyl/N-ethyl adjacent to an activating group) is 1. The molecule has 108 valence electrons. The van der Waals surface area contributed by atoms with E-state index in [1.807, 2.05) is 26.8 Å². The third-order valence-electron chi connectivity index (χ3n) is 3.63. The molecule has 0 bridgehead atoms. The monoisotopic (exact) mass is 275 g/mol. The SMILES string of the molecule is CCNC(Cc1ccc(F)cc1C)c1cc(C)oc1C. The van der Waals surface area contributed by atoms with Crippen LogP contribution < -0.4 is 5.32 Å². The van der Waals surface area contributed by atoms with Gasteiger partial charge >= 0.3 is 0 Å². The molecule has 1 aromatic carbocycles. The molecular formula is C17H22FNO. The first-order valence-corrected chi connectivity index (χ1v) is 7.06. The zero-order chi connectivity index (χ0) is 14.7. The lowest BCUT2D eigenvalue weighted by Gasteiger charge is -2.18. The largest absolute Gasteiger partial charge is 0.466 e.